The summed E-state index contributed by atoms with van der Waals surface area (Å²) in [5.41, 5.74) is 6.39. The van der Waals surface area contributed by atoms with Gasteiger partial charge < -0.3 is 9.30 Å². The molecule has 190 valence electrons. The van der Waals surface area contributed by atoms with Gasteiger partial charge in [0, 0.05) is 18.0 Å². The lowest BCUT2D eigenvalue weighted by molar-refractivity contribution is -0.134. The standard InChI is InChI=1S/C35H28N2O2/c38-34(24-31(27-14-6-2-7-15-27)28-16-8-3-9-17-28)39-30-22-20-29(21-23-30)35-36-32-18-10-11-19-33(32)37(35)25-26-12-4-1-5-13-26/h1-23,31H,24-25H2. The highest BCUT2D eigenvalue weighted by atomic mass is 16.5. The fourth-order valence-electron chi connectivity index (χ4n) is 5.03. The second-order valence-corrected chi connectivity index (χ2v) is 9.57. The van der Waals surface area contributed by atoms with Gasteiger partial charge in [-0.05, 0) is 53.1 Å². The van der Waals surface area contributed by atoms with E-state index in [9.17, 15) is 4.79 Å². The van der Waals surface area contributed by atoms with Crippen molar-refractivity contribution in [3.05, 3.63) is 156 Å². The number of esters is 1. The molecule has 0 bridgehead atoms. The number of benzene rings is 5. The van der Waals surface area contributed by atoms with E-state index in [2.05, 4.69) is 59.2 Å². The Morgan fingerprint density at radius 3 is 1.87 bits per heavy atom. The van der Waals surface area contributed by atoms with Crippen molar-refractivity contribution >= 4 is 17.0 Å². The van der Waals surface area contributed by atoms with Crippen molar-refractivity contribution in [3.8, 4) is 17.1 Å². The van der Waals surface area contributed by atoms with Crippen molar-refractivity contribution < 1.29 is 9.53 Å². The Hall–Kier alpha value is -4.96. The summed E-state index contributed by atoms with van der Waals surface area (Å²) in [6.07, 6.45) is 0.253. The molecule has 0 saturated heterocycles. The lowest BCUT2D eigenvalue weighted by atomic mass is 9.89. The average Bonchev–Trinajstić information content (AvgIpc) is 3.36. The van der Waals surface area contributed by atoms with Crippen LogP contribution in [-0.2, 0) is 11.3 Å². The van der Waals surface area contributed by atoms with Crippen molar-refractivity contribution in [2.75, 3.05) is 0 Å². The molecule has 0 fully saturated rings. The third-order valence-electron chi connectivity index (χ3n) is 6.96. The van der Waals surface area contributed by atoms with E-state index in [4.69, 9.17) is 9.72 Å². The quantitative estimate of drug-likeness (QED) is 0.155. The highest BCUT2D eigenvalue weighted by Crippen LogP contribution is 2.30. The van der Waals surface area contributed by atoms with Crippen LogP contribution in [0.4, 0.5) is 0 Å². The van der Waals surface area contributed by atoms with Crippen LogP contribution in [0.5, 0.6) is 5.75 Å². The predicted molar refractivity (Wildman–Crippen MR) is 156 cm³/mol. The van der Waals surface area contributed by atoms with E-state index in [1.807, 2.05) is 84.9 Å². The van der Waals surface area contributed by atoms with Gasteiger partial charge >= 0.3 is 5.97 Å². The average molecular weight is 509 g/mol. The summed E-state index contributed by atoms with van der Waals surface area (Å²) in [5, 5.41) is 0. The van der Waals surface area contributed by atoms with E-state index in [1.54, 1.807) is 0 Å². The van der Waals surface area contributed by atoms with Crippen molar-refractivity contribution in [2.45, 2.75) is 18.9 Å². The molecule has 0 aliphatic carbocycles. The first kappa shape index (κ1) is 24.4. The summed E-state index contributed by atoms with van der Waals surface area (Å²) in [5.74, 6) is 1.06. The Labute approximate surface area is 228 Å². The van der Waals surface area contributed by atoms with Crippen LogP contribution in [0, 0.1) is 0 Å². The summed E-state index contributed by atoms with van der Waals surface area (Å²) in [7, 11) is 0. The lowest BCUT2D eigenvalue weighted by Gasteiger charge is -2.17. The van der Waals surface area contributed by atoms with Crippen molar-refractivity contribution in [1.29, 1.82) is 0 Å². The number of ether oxygens (including phenoxy) is 1. The summed E-state index contributed by atoms with van der Waals surface area (Å²) >= 11 is 0. The molecular formula is C35H28N2O2. The molecule has 0 amide bonds. The molecule has 1 aromatic heterocycles. The van der Waals surface area contributed by atoms with Crippen molar-refractivity contribution in [3.63, 3.8) is 0 Å². The van der Waals surface area contributed by atoms with Gasteiger partial charge in [0.2, 0.25) is 0 Å². The van der Waals surface area contributed by atoms with E-state index in [0.717, 1.165) is 33.5 Å². The first-order valence-corrected chi connectivity index (χ1v) is 13.1. The maximum absolute atomic E-state index is 13.1. The van der Waals surface area contributed by atoms with E-state index < -0.39 is 0 Å². The Morgan fingerprint density at radius 2 is 1.23 bits per heavy atom. The molecule has 0 spiro atoms. The number of fused-ring (bicyclic) bond motifs is 1. The molecular weight excluding hydrogens is 480 g/mol. The van der Waals surface area contributed by atoms with Crippen LogP contribution in [0.25, 0.3) is 22.4 Å². The molecule has 39 heavy (non-hydrogen) atoms. The van der Waals surface area contributed by atoms with Crippen LogP contribution in [0.15, 0.2) is 140 Å². The maximum Gasteiger partial charge on any atom is 0.312 e. The Bertz CT molecular complexity index is 1640. The van der Waals surface area contributed by atoms with Gasteiger partial charge in [0.15, 0.2) is 0 Å². The fraction of sp³-hybridized carbons (Fsp3) is 0.0857. The minimum absolute atomic E-state index is 0.0722. The van der Waals surface area contributed by atoms with Crippen molar-refractivity contribution in [1.82, 2.24) is 9.55 Å². The smallest absolute Gasteiger partial charge is 0.312 e. The molecule has 4 heteroatoms. The molecule has 0 radical (unpaired) electrons. The number of rotatable bonds is 8. The Morgan fingerprint density at radius 1 is 0.667 bits per heavy atom. The molecule has 0 atom stereocenters. The molecule has 0 saturated carbocycles. The number of imidazole rings is 1. The van der Waals surface area contributed by atoms with Gasteiger partial charge in [0.05, 0.1) is 17.5 Å². The summed E-state index contributed by atoms with van der Waals surface area (Å²) in [6.45, 7) is 0.716. The van der Waals surface area contributed by atoms with Gasteiger partial charge in [0.25, 0.3) is 0 Å². The molecule has 0 unspecified atom stereocenters. The molecule has 0 N–H and O–H groups in total. The van der Waals surface area contributed by atoms with E-state index >= 15 is 0 Å². The molecule has 1 heterocycles. The summed E-state index contributed by atoms with van der Waals surface area (Å²) in [6, 6.07) is 46.4. The minimum atomic E-state index is -0.267. The number of hydrogen-bond acceptors (Lipinski definition) is 3. The van der Waals surface area contributed by atoms with E-state index in [1.165, 1.54) is 5.56 Å². The maximum atomic E-state index is 13.1. The minimum Gasteiger partial charge on any atom is -0.427 e. The topological polar surface area (TPSA) is 44.1 Å². The summed E-state index contributed by atoms with van der Waals surface area (Å²) in [4.78, 5) is 18.0. The first-order chi connectivity index (χ1) is 19.2. The monoisotopic (exact) mass is 508 g/mol. The normalized spacial score (nSPS) is 11.1. The number of carbonyl (C=O) groups is 1. The van der Waals surface area contributed by atoms with Crippen LogP contribution in [-0.4, -0.2) is 15.5 Å². The number of aromatic nitrogens is 2. The molecule has 4 nitrogen and oxygen atoms in total. The van der Waals surface area contributed by atoms with Crippen LogP contribution in [0.3, 0.4) is 0 Å². The SMILES string of the molecule is O=C(CC(c1ccccc1)c1ccccc1)Oc1ccc(-c2nc3ccccc3n2Cc2ccccc2)cc1. The van der Waals surface area contributed by atoms with Gasteiger partial charge in [-0.2, -0.15) is 0 Å². The number of para-hydroxylation sites is 2. The molecule has 5 aromatic carbocycles. The first-order valence-electron chi connectivity index (χ1n) is 13.1. The van der Waals surface area contributed by atoms with Gasteiger partial charge in [-0.1, -0.05) is 103 Å². The Kier molecular flexibility index (Phi) is 7.00. The van der Waals surface area contributed by atoms with Crippen LogP contribution in [0.2, 0.25) is 0 Å². The molecule has 6 rings (SSSR count). The van der Waals surface area contributed by atoms with Gasteiger partial charge in [-0.3, -0.25) is 4.79 Å². The van der Waals surface area contributed by atoms with Gasteiger partial charge in [-0.15, -0.1) is 0 Å². The zero-order valence-corrected chi connectivity index (χ0v) is 21.5. The predicted octanol–water partition coefficient (Wildman–Crippen LogP) is 7.88. The highest BCUT2D eigenvalue weighted by Gasteiger charge is 2.20. The van der Waals surface area contributed by atoms with Crippen LogP contribution < -0.4 is 4.74 Å². The summed E-state index contributed by atoms with van der Waals surface area (Å²) < 4.78 is 8.03. The fourth-order valence-corrected chi connectivity index (χ4v) is 5.03. The highest BCUT2D eigenvalue weighted by molar-refractivity contribution is 5.81. The van der Waals surface area contributed by atoms with Crippen LogP contribution >= 0.6 is 0 Å². The molecule has 0 aliphatic heterocycles. The zero-order chi connectivity index (χ0) is 26.4. The number of nitrogens with zero attached hydrogens (tertiary/aromatic N) is 2. The number of hydrogen-bond donors (Lipinski definition) is 0. The lowest BCUT2D eigenvalue weighted by Crippen LogP contribution is -2.14. The van der Waals surface area contributed by atoms with E-state index in [0.29, 0.717) is 12.3 Å². The Balaban J connectivity index is 1.23. The van der Waals surface area contributed by atoms with Gasteiger partial charge in [0.1, 0.15) is 11.6 Å². The third-order valence-corrected chi connectivity index (χ3v) is 6.96. The molecule has 0 aliphatic rings. The zero-order valence-electron chi connectivity index (χ0n) is 21.5. The second-order valence-electron chi connectivity index (χ2n) is 9.57. The third kappa shape index (κ3) is 5.51. The molecule has 6 aromatic rings. The van der Waals surface area contributed by atoms with Crippen LogP contribution in [0.1, 0.15) is 29.0 Å². The van der Waals surface area contributed by atoms with E-state index in [-0.39, 0.29) is 18.3 Å². The van der Waals surface area contributed by atoms with Crippen molar-refractivity contribution in [2.24, 2.45) is 0 Å². The number of carbonyl (C=O) groups excluding carboxylic acids is 1. The van der Waals surface area contributed by atoms with Gasteiger partial charge in [-0.25, -0.2) is 4.98 Å². The second kappa shape index (κ2) is 11.2. The largest absolute Gasteiger partial charge is 0.427 e.